The number of hydrogen-bond acceptors (Lipinski definition) is 3. The monoisotopic (exact) mass is 234 g/mol. The molecule has 0 spiro atoms. The number of pyridine rings is 1. The Morgan fingerprint density at radius 1 is 1.12 bits per heavy atom. The second-order valence-corrected chi connectivity index (χ2v) is 3.70. The molecule has 1 aromatic heterocycles. The fourth-order valence-corrected chi connectivity index (χ4v) is 1.43. The van der Waals surface area contributed by atoms with Gasteiger partial charge in [0.15, 0.2) is 0 Å². The van der Waals surface area contributed by atoms with Crippen LogP contribution in [0.5, 0.6) is 5.75 Å². The van der Waals surface area contributed by atoms with E-state index in [-0.39, 0.29) is 0 Å². The van der Waals surface area contributed by atoms with Crippen LogP contribution in [0.25, 0.3) is 0 Å². The molecule has 82 valence electrons. The van der Waals surface area contributed by atoms with Crippen molar-refractivity contribution < 1.29 is 4.74 Å². The van der Waals surface area contributed by atoms with E-state index in [4.69, 9.17) is 22.1 Å². The van der Waals surface area contributed by atoms with Crippen molar-refractivity contribution in [2.45, 2.75) is 6.61 Å². The number of nitrogens with zero attached hydrogens (tertiary/aromatic N) is 1. The maximum Gasteiger partial charge on any atom is 0.130 e. The van der Waals surface area contributed by atoms with Crippen molar-refractivity contribution in [3.8, 4) is 5.75 Å². The van der Waals surface area contributed by atoms with Crippen molar-refractivity contribution in [2.24, 2.45) is 0 Å². The number of nitrogen functional groups attached to an aromatic ring is 1. The summed E-state index contributed by atoms with van der Waals surface area (Å²) in [5.74, 6) is 0.760. The minimum Gasteiger partial charge on any atom is -0.487 e. The second kappa shape index (κ2) is 4.86. The first-order valence-electron chi connectivity index (χ1n) is 4.84. The van der Waals surface area contributed by atoms with Crippen LogP contribution in [0.3, 0.4) is 0 Å². The molecule has 0 amide bonds. The number of rotatable bonds is 3. The first-order valence-corrected chi connectivity index (χ1v) is 5.21. The van der Waals surface area contributed by atoms with E-state index in [1.807, 2.05) is 24.3 Å². The van der Waals surface area contributed by atoms with Crippen molar-refractivity contribution in [3.05, 3.63) is 53.3 Å². The quantitative estimate of drug-likeness (QED) is 0.656. The average Bonchev–Trinajstić information content (AvgIpc) is 2.28. The highest BCUT2D eigenvalue weighted by molar-refractivity contribution is 6.29. The van der Waals surface area contributed by atoms with Crippen LogP contribution >= 0.6 is 11.6 Å². The van der Waals surface area contributed by atoms with E-state index in [9.17, 15) is 0 Å². The summed E-state index contributed by atoms with van der Waals surface area (Å²) in [5, 5.41) is 0.471. The standard InChI is InChI=1S/C12H11ClN2O/c13-12-3-1-2-10(15-12)8-16-11-6-4-9(14)5-7-11/h1-7H,8,14H2. The van der Waals surface area contributed by atoms with Gasteiger partial charge in [-0.15, -0.1) is 0 Å². The number of anilines is 1. The Kier molecular flexibility index (Phi) is 3.27. The van der Waals surface area contributed by atoms with Crippen LogP contribution in [0.2, 0.25) is 5.15 Å². The minimum atomic E-state index is 0.393. The highest BCUT2D eigenvalue weighted by Crippen LogP contribution is 2.15. The summed E-state index contributed by atoms with van der Waals surface area (Å²) in [6.07, 6.45) is 0. The smallest absolute Gasteiger partial charge is 0.130 e. The number of nitrogens with two attached hydrogens (primary N) is 1. The first kappa shape index (κ1) is 10.8. The van der Waals surface area contributed by atoms with Gasteiger partial charge in [0.1, 0.15) is 17.5 Å². The van der Waals surface area contributed by atoms with Crippen molar-refractivity contribution in [3.63, 3.8) is 0 Å². The van der Waals surface area contributed by atoms with Crippen LogP contribution in [0.15, 0.2) is 42.5 Å². The first-order chi connectivity index (χ1) is 7.74. The molecule has 0 aliphatic rings. The fourth-order valence-electron chi connectivity index (χ4n) is 1.25. The molecule has 0 aliphatic heterocycles. The topological polar surface area (TPSA) is 48.1 Å². The van der Waals surface area contributed by atoms with E-state index in [0.29, 0.717) is 17.4 Å². The normalized spacial score (nSPS) is 10.1. The summed E-state index contributed by atoms with van der Waals surface area (Å²) in [4.78, 5) is 4.12. The van der Waals surface area contributed by atoms with Crippen molar-refractivity contribution in [1.29, 1.82) is 0 Å². The zero-order valence-corrected chi connectivity index (χ0v) is 9.32. The Labute approximate surface area is 98.8 Å². The summed E-state index contributed by atoms with van der Waals surface area (Å²) >= 11 is 5.76. The summed E-state index contributed by atoms with van der Waals surface area (Å²) < 4.78 is 5.53. The van der Waals surface area contributed by atoms with Gasteiger partial charge in [0, 0.05) is 5.69 Å². The Morgan fingerprint density at radius 2 is 1.88 bits per heavy atom. The molecule has 1 aromatic carbocycles. The Hall–Kier alpha value is -1.74. The van der Waals surface area contributed by atoms with Gasteiger partial charge in [-0.3, -0.25) is 0 Å². The Balaban J connectivity index is 1.99. The van der Waals surface area contributed by atoms with Crippen molar-refractivity contribution in [2.75, 3.05) is 5.73 Å². The second-order valence-electron chi connectivity index (χ2n) is 3.31. The summed E-state index contributed by atoms with van der Waals surface area (Å²) in [5.41, 5.74) is 7.08. The highest BCUT2D eigenvalue weighted by Gasteiger charge is 1.98. The number of halogens is 1. The molecule has 0 bridgehead atoms. The number of benzene rings is 1. The van der Waals surface area contributed by atoms with Crippen LogP contribution in [-0.2, 0) is 6.61 Å². The van der Waals surface area contributed by atoms with E-state index in [1.165, 1.54) is 0 Å². The van der Waals surface area contributed by atoms with Gasteiger partial charge in [-0.05, 0) is 36.4 Å². The summed E-state index contributed by atoms with van der Waals surface area (Å²) in [7, 11) is 0. The Morgan fingerprint density at radius 3 is 2.56 bits per heavy atom. The van der Waals surface area contributed by atoms with Gasteiger partial charge in [-0.25, -0.2) is 4.98 Å². The lowest BCUT2D eigenvalue weighted by atomic mass is 10.3. The molecule has 2 aromatic rings. The van der Waals surface area contributed by atoms with Crippen LogP contribution < -0.4 is 10.5 Å². The lowest BCUT2D eigenvalue weighted by molar-refractivity contribution is 0.301. The molecule has 0 fully saturated rings. The molecule has 2 N–H and O–H groups in total. The number of hydrogen-bond donors (Lipinski definition) is 1. The van der Waals surface area contributed by atoms with Gasteiger partial charge < -0.3 is 10.5 Å². The van der Waals surface area contributed by atoms with Gasteiger partial charge in [0.05, 0.1) is 5.69 Å². The van der Waals surface area contributed by atoms with E-state index in [0.717, 1.165) is 11.4 Å². The lowest BCUT2D eigenvalue weighted by Gasteiger charge is -2.05. The molecule has 4 heteroatoms. The Bertz CT molecular complexity index is 471. The minimum absolute atomic E-state index is 0.393. The molecule has 0 saturated carbocycles. The number of aromatic nitrogens is 1. The molecule has 0 unspecified atom stereocenters. The van der Waals surface area contributed by atoms with Crippen LogP contribution in [0.4, 0.5) is 5.69 Å². The van der Waals surface area contributed by atoms with E-state index in [1.54, 1.807) is 18.2 Å². The molecule has 3 nitrogen and oxygen atoms in total. The third kappa shape index (κ3) is 2.87. The van der Waals surface area contributed by atoms with Gasteiger partial charge in [0.2, 0.25) is 0 Å². The molecule has 16 heavy (non-hydrogen) atoms. The van der Waals surface area contributed by atoms with Gasteiger partial charge in [-0.2, -0.15) is 0 Å². The fraction of sp³-hybridized carbons (Fsp3) is 0.0833. The molecule has 0 aliphatic carbocycles. The van der Waals surface area contributed by atoms with Crippen molar-refractivity contribution in [1.82, 2.24) is 4.98 Å². The predicted molar refractivity (Wildman–Crippen MR) is 64.4 cm³/mol. The van der Waals surface area contributed by atoms with Crippen molar-refractivity contribution >= 4 is 17.3 Å². The van der Waals surface area contributed by atoms with Gasteiger partial charge >= 0.3 is 0 Å². The SMILES string of the molecule is Nc1ccc(OCc2cccc(Cl)n2)cc1. The van der Waals surface area contributed by atoms with Crippen LogP contribution in [-0.4, -0.2) is 4.98 Å². The van der Waals surface area contributed by atoms with E-state index >= 15 is 0 Å². The molecule has 0 saturated heterocycles. The molecule has 2 rings (SSSR count). The summed E-state index contributed by atoms with van der Waals surface area (Å²) in [6, 6.07) is 12.7. The number of ether oxygens (including phenoxy) is 1. The third-order valence-electron chi connectivity index (χ3n) is 2.04. The van der Waals surface area contributed by atoms with E-state index in [2.05, 4.69) is 4.98 Å². The predicted octanol–water partition coefficient (Wildman–Crippen LogP) is 2.90. The zero-order chi connectivity index (χ0) is 11.4. The van der Waals surface area contributed by atoms with Gasteiger partial charge in [-0.1, -0.05) is 17.7 Å². The van der Waals surface area contributed by atoms with Crippen LogP contribution in [0, 0.1) is 0 Å². The maximum atomic E-state index is 5.76. The molecular weight excluding hydrogens is 224 g/mol. The largest absolute Gasteiger partial charge is 0.487 e. The summed E-state index contributed by atoms with van der Waals surface area (Å²) in [6.45, 7) is 0.393. The zero-order valence-electron chi connectivity index (χ0n) is 8.56. The third-order valence-corrected chi connectivity index (χ3v) is 2.25. The van der Waals surface area contributed by atoms with Crippen LogP contribution in [0.1, 0.15) is 5.69 Å². The molecular formula is C12H11ClN2O. The maximum absolute atomic E-state index is 5.76. The molecule has 0 radical (unpaired) electrons. The average molecular weight is 235 g/mol. The molecule has 0 atom stereocenters. The lowest BCUT2D eigenvalue weighted by Crippen LogP contribution is -1.98. The van der Waals surface area contributed by atoms with E-state index < -0.39 is 0 Å². The highest BCUT2D eigenvalue weighted by atomic mass is 35.5. The van der Waals surface area contributed by atoms with Gasteiger partial charge in [0.25, 0.3) is 0 Å². The molecule has 1 heterocycles.